The van der Waals surface area contributed by atoms with E-state index in [0.717, 1.165) is 25.9 Å². The summed E-state index contributed by atoms with van der Waals surface area (Å²) in [6, 6.07) is 12.0. The number of benzene rings is 1. The van der Waals surface area contributed by atoms with Gasteiger partial charge in [0, 0.05) is 18.6 Å². The Labute approximate surface area is 117 Å². The van der Waals surface area contributed by atoms with Gasteiger partial charge >= 0.3 is 0 Å². The van der Waals surface area contributed by atoms with Crippen LogP contribution in [0.2, 0.25) is 0 Å². The van der Waals surface area contributed by atoms with Gasteiger partial charge in [-0.15, -0.1) is 6.58 Å². The normalized spacial score (nSPS) is 22.7. The van der Waals surface area contributed by atoms with Crippen molar-refractivity contribution in [1.29, 1.82) is 0 Å². The molecule has 2 rings (SSSR count). The third kappa shape index (κ3) is 4.48. The lowest BCUT2D eigenvalue weighted by molar-refractivity contribution is 0.205. The first-order valence-electron chi connectivity index (χ1n) is 7.42. The number of rotatable bonds is 5. The highest BCUT2D eigenvalue weighted by molar-refractivity contribution is 5.16. The number of nitrogens with zero attached hydrogens (tertiary/aromatic N) is 1. The fraction of sp³-hybridized carbons (Fsp3) is 0.529. The van der Waals surface area contributed by atoms with E-state index in [0.29, 0.717) is 12.1 Å². The molecule has 1 aromatic carbocycles. The largest absolute Gasteiger partial charge is 0.312 e. The van der Waals surface area contributed by atoms with Gasteiger partial charge in [-0.25, -0.2) is 0 Å². The molecule has 19 heavy (non-hydrogen) atoms. The first-order chi connectivity index (χ1) is 9.29. The molecule has 1 aromatic rings. The molecule has 0 amide bonds. The highest BCUT2D eigenvalue weighted by atomic mass is 15.2. The first kappa shape index (κ1) is 14.3. The SMILES string of the molecule is C=CCC(C)N1CCCNC(Cc2ccccc2)C1. The molecule has 2 atom stereocenters. The molecule has 1 fully saturated rings. The van der Waals surface area contributed by atoms with E-state index in [9.17, 15) is 0 Å². The maximum absolute atomic E-state index is 3.86. The molecule has 2 heteroatoms. The van der Waals surface area contributed by atoms with Crippen LogP contribution < -0.4 is 5.32 Å². The second-order valence-electron chi connectivity index (χ2n) is 5.56. The van der Waals surface area contributed by atoms with Crippen LogP contribution in [0.25, 0.3) is 0 Å². The highest BCUT2D eigenvalue weighted by Gasteiger charge is 2.20. The Kier molecular flexibility index (Phi) is 5.62. The molecule has 1 N–H and O–H groups in total. The standard InChI is InChI=1S/C17H26N2/c1-3-8-15(2)19-12-7-11-18-17(14-19)13-16-9-5-4-6-10-16/h3-6,9-10,15,17-18H,1,7-8,11-14H2,2H3. The summed E-state index contributed by atoms with van der Waals surface area (Å²) in [5, 5.41) is 3.69. The van der Waals surface area contributed by atoms with Crippen LogP contribution in [0, 0.1) is 0 Å². The number of hydrogen-bond donors (Lipinski definition) is 1. The van der Waals surface area contributed by atoms with Gasteiger partial charge in [0.2, 0.25) is 0 Å². The molecule has 0 saturated carbocycles. The van der Waals surface area contributed by atoms with Gasteiger partial charge in [0.25, 0.3) is 0 Å². The Bertz CT molecular complexity index is 374. The average molecular weight is 258 g/mol. The van der Waals surface area contributed by atoms with Crippen LogP contribution in [-0.4, -0.2) is 36.6 Å². The zero-order valence-electron chi connectivity index (χ0n) is 12.0. The van der Waals surface area contributed by atoms with Gasteiger partial charge in [-0.3, -0.25) is 4.90 Å². The summed E-state index contributed by atoms with van der Waals surface area (Å²) in [6.07, 6.45) is 5.48. The van der Waals surface area contributed by atoms with E-state index in [4.69, 9.17) is 0 Å². The van der Waals surface area contributed by atoms with Crippen LogP contribution >= 0.6 is 0 Å². The lowest BCUT2D eigenvalue weighted by Crippen LogP contribution is -2.42. The summed E-state index contributed by atoms with van der Waals surface area (Å²) in [5.74, 6) is 0. The molecule has 1 aliphatic heterocycles. The minimum absolute atomic E-state index is 0.567. The monoisotopic (exact) mass is 258 g/mol. The zero-order valence-corrected chi connectivity index (χ0v) is 12.0. The molecule has 1 heterocycles. The van der Waals surface area contributed by atoms with E-state index in [1.807, 2.05) is 6.08 Å². The van der Waals surface area contributed by atoms with Crippen LogP contribution in [-0.2, 0) is 6.42 Å². The van der Waals surface area contributed by atoms with Crippen LogP contribution in [0.5, 0.6) is 0 Å². The second kappa shape index (κ2) is 7.46. The number of nitrogens with one attached hydrogen (secondary N) is 1. The molecule has 0 spiro atoms. The quantitative estimate of drug-likeness (QED) is 0.817. The lowest BCUT2D eigenvalue weighted by Gasteiger charge is -2.29. The van der Waals surface area contributed by atoms with Gasteiger partial charge < -0.3 is 5.32 Å². The lowest BCUT2D eigenvalue weighted by atomic mass is 10.0. The molecule has 104 valence electrons. The molecule has 2 unspecified atom stereocenters. The predicted octanol–water partition coefficient (Wildman–Crippen LogP) is 2.86. The maximum Gasteiger partial charge on any atom is 0.0235 e. The Morgan fingerprint density at radius 2 is 2.21 bits per heavy atom. The third-order valence-electron chi connectivity index (χ3n) is 3.97. The average Bonchev–Trinajstić information content (AvgIpc) is 2.66. The van der Waals surface area contributed by atoms with Gasteiger partial charge in [-0.05, 0) is 44.8 Å². The summed E-state index contributed by atoms with van der Waals surface area (Å²) in [6.45, 7) is 9.65. The van der Waals surface area contributed by atoms with E-state index >= 15 is 0 Å². The van der Waals surface area contributed by atoms with Crippen molar-refractivity contribution in [2.75, 3.05) is 19.6 Å². The van der Waals surface area contributed by atoms with Crippen LogP contribution in [0.4, 0.5) is 0 Å². The molecule has 0 aliphatic carbocycles. The summed E-state index contributed by atoms with van der Waals surface area (Å²) < 4.78 is 0. The fourth-order valence-corrected chi connectivity index (χ4v) is 2.85. The van der Waals surface area contributed by atoms with Gasteiger partial charge in [-0.1, -0.05) is 36.4 Å². The number of hydrogen-bond acceptors (Lipinski definition) is 2. The van der Waals surface area contributed by atoms with Gasteiger partial charge in [0.05, 0.1) is 0 Å². The van der Waals surface area contributed by atoms with Gasteiger partial charge in [0.15, 0.2) is 0 Å². The van der Waals surface area contributed by atoms with E-state index in [-0.39, 0.29) is 0 Å². The van der Waals surface area contributed by atoms with E-state index < -0.39 is 0 Å². The zero-order chi connectivity index (χ0) is 13.5. The van der Waals surface area contributed by atoms with Gasteiger partial charge in [0.1, 0.15) is 0 Å². The highest BCUT2D eigenvalue weighted by Crippen LogP contribution is 2.12. The van der Waals surface area contributed by atoms with E-state index in [2.05, 4.69) is 54.1 Å². The smallest absolute Gasteiger partial charge is 0.0235 e. The van der Waals surface area contributed by atoms with Crippen molar-refractivity contribution in [3.05, 3.63) is 48.6 Å². The minimum Gasteiger partial charge on any atom is -0.312 e. The van der Waals surface area contributed by atoms with Crippen LogP contribution in [0.3, 0.4) is 0 Å². The molecule has 1 saturated heterocycles. The molecular weight excluding hydrogens is 232 g/mol. The van der Waals surface area contributed by atoms with Crippen molar-refractivity contribution >= 4 is 0 Å². The maximum atomic E-state index is 3.86. The van der Waals surface area contributed by atoms with Crippen molar-refractivity contribution in [3.8, 4) is 0 Å². The molecule has 0 aromatic heterocycles. The third-order valence-corrected chi connectivity index (χ3v) is 3.97. The van der Waals surface area contributed by atoms with E-state index in [1.165, 1.54) is 18.5 Å². The first-order valence-corrected chi connectivity index (χ1v) is 7.42. The van der Waals surface area contributed by atoms with Crippen LogP contribution in [0.15, 0.2) is 43.0 Å². The van der Waals surface area contributed by atoms with Crippen molar-refractivity contribution in [3.63, 3.8) is 0 Å². The second-order valence-corrected chi connectivity index (χ2v) is 5.56. The molecule has 2 nitrogen and oxygen atoms in total. The van der Waals surface area contributed by atoms with Crippen LogP contribution in [0.1, 0.15) is 25.3 Å². The Hall–Kier alpha value is -1.12. The predicted molar refractivity (Wildman–Crippen MR) is 82.4 cm³/mol. The van der Waals surface area contributed by atoms with Crippen molar-refractivity contribution in [2.24, 2.45) is 0 Å². The minimum atomic E-state index is 0.567. The van der Waals surface area contributed by atoms with E-state index in [1.54, 1.807) is 0 Å². The fourth-order valence-electron chi connectivity index (χ4n) is 2.85. The topological polar surface area (TPSA) is 15.3 Å². The summed E-state index contributed by atoms with van der Waals surface area (Å²) in [7, 11) is 0. The molecule has 0 radical (unpaired) electrons. The summed E-state index contributed by atoms with van der Waals surface area (Å²) in [5.41, 5.74) is 1.43. The molecule has 0 bridgehead atoms. The van der Waals surface area contributed by atoms with Crippen molar-refractivity contribution < 1.29 is 0 Å². The Morgan fingerprint density at radius 1 is 1.42 bits per heavy atom. The molecule has 1 aliphatic rings. The van der Waals surface area contributed by atoms with Gasteiger partial charge in [-0.2, -0.15) is 0 Å². The van der Waals surface area contributed by atoms with Crippen molar-refractivity contribution in [2.45, 2.75) is 38.3 Å². The summed E-state index contributed by atoms with van der Waals surface area (Å²) in [4.78, 5) is 2.61. The Morgan fingerprint density at radius 3 is 2.95 bits per heavy atom. The summed E-state index contributed by atoms with van der Waals surface area (Å²) >= 11 is 0. The molecular formula is C17H26N2. The Balaban J connectivity index is 1.94. The van der Waals surface area contributed by atoms with Crippen molar-refractivity contribution in [1.82, 2.24) is 10.2 Å².